The van der Waals surface area contributed by atoms with Gasteiger partial charge in [0.2, 0.25) is 0 Å². The van der Waals surface area contributed by atoms with Gasteiger partial charge in [-0.3, -0.25) is 9.59 Å². The Balaban J connectivity index is 1.59. The van der Waals surface area contributed by atoms with E-state index in [1.165, 1.54) is 5.56 Å². The van der Waals surface area contributed by atoms with Gasteiger partial charge in [-0.2, -0.15) is 0 Å². The number of aromatic nitrogens is 1. The number of carboxylic acid groups (broad SMARTS) is 1. The Kier molecular flexibility index (Phi) is 6.61. The lowest BCUT2D eigenvalue weighted by Gasteiger charge is -2.16. The van der Waals surface area contributed by atoms with Gasteiger partial charge in [-0.05, 0) is 24.6 Å². The molecule has 6 nitrogen and oxygen atoms in total. The molecule has 0 bridgehead atoms. The van der Waals surface area contributed by atoms with Gasteiger partial charge < -0.3 is 15.3 Å². The van der Waals surface area contributed by atoms with Gasteiger partial charge in [0.05, 0.1) is 12.1 Å². The number of amides is 1. The molecule has 0 spiro atoms. The second kappa shape index (κ2) is 9.34. The van der Waals surface area contributed by atoms with Crippen LogP contribution in [0.5, 0.6) is 0 Å². The van der Waals surface area contributed by atoms with Gasteiger partial charge >= 0.3 is 5.97 Å². The van der Waals surface area contributed by atoms with Crippen molar-refractivity contribution in [3.05, 3.63) is 70.6 Å². The van der Waals surface area contributed by atoms with Crippen LogP contribution in [0, 0.1) is 6.92 Å². The number of nitrogens with zero attached hydrogens (tertiary/aromatic N) is 2. The molecule has 0 radical (unpaired) electrons. The lowest BCUT2D eigenvalue weighted by molar-refractivity contribution is -0.136. The fourth-order valence-corrected chi connectivity index (χ4v) is 3.59. The van der Waals surface area contributed by atoms with Gasteiger partial charge in [0.1, 0.15) is 0 Å². The summed E-state index contributed by atoms with van der Waals surface area (Å²) in [7, 11) is 1.99. The zero-order chi connectivity index (χ0) is 20.8. The predicted molar refractivity (Wildman–Crippen MR) is 115 cm³/mol. The van der Waals surface area contributed by atoms with Crippen LogP contribution in [0.4, 0.5) is 5.13 Å². The molecule has 3 aromatic rings. The first kappa shape index (κ1) is 20.5. The van der Waals surface area contributed by atoms with E-state index >= 15 is 0 Å². The van der Waals surface area contributed by atoms with Crippen LogP contribution < -0.4 is 10.2 Å². The number of aryl methyl sites for hydroxylation is 1. The molecule has 0 aliphatic rings. The fraction of sp³-hybridized carbons (Fsp3) is 0.227. The third kappa shape index (κ3) is 5.65. The van der Waals surface area contributed by atoms with Crippen molar-refractivity contribution in [2.45, 2.75) is 19.9 Å². The molecule has 2 N–H and O–H groups in total. The molecule has 0 aliphatic carbocycles. The average molecular weight is 410 g/mol. The quantitative estimate of drug-likeness (QED) is 0.588. The maximum absolute atomic E-state index is 12.0. The number of thiazole rings is 1. The molecule has 0 saturated carbocycles. The fourth-order valence-electron chi connectivity index (χ4n) is 2.78. The summed E-state index contributed by atoms with van der Waals surface area (Å²) in [5.41, 5.74) is 4.86. The van der Waals surface area contributed by atoms with E-state index in [0.29, 0.717) is 12.1 Å². The number of carbonyl (C=O) groups excluding carboxylic acids is 1. The van der Waals surface area contributed by atoms with Crippen molar-refractivity contribution in [2.24, 2.45) is 0 Å². The van der Waals surface area contributed by atoms with Gasteiger partial charge in [0, 0.05) is 36.6 Å². The Hall–Kier alpha value is -3.19. The SMILES string of the molecule is Cc1ccc(-c2csc(N(C)Cc3ccc(C(=O)NCCC(=O)O)cc3)n2)cc1. The Morgan fingerprint density at radius 1 is 1.10 bits per heavy atom. The summed E-state index contributed by atoms with van der Waals surface area (Å²) < 4.78 is 0. The molecule has 2 aromatic carbocycles. The summed E-state index contributed by atoms with van der Waals surface area (Å²) in [5.74, 6) is -1.20. The molecular weight excluding hydrogens is 386 g/mol. The highest BCUT2D eigenvalue weighted by atomic mass is 32.1. The van der Waals surface area contributed by atoms with Crippen molar-refractivity contribution in [3.63, 3.8) is 0 Å². The van der Waals surface area contributed by atoms with Crippen molar-refractivity contribution in [1.29, 1.82) is 0 Å². The Bertz CT molecular complexity index is 981. The minimum atomic E-state index is -0.934. The zero-order valence-corrected chi connectivity index (χ0v) is 17.2. The van der Waals surface area contributed by atoms with E-state index in [1.807, 2.05) is 19.2 Å². The Morgan fingerprint density at radius 2 is 1.79 bits per heavy atom. The van der Waals surface area contributed by atoms with Crippen LogP contribution >= 0.6 is 11.3 Å². The van der Waals surface area contributed by atoms with E-state index in [1.54, 1.807) is 23.5 Å². The standard InChI is InChI=1S/C22H23N3O3S/c1-15-3-7-17(8-4-15)19-14-29-22(24-19)25(2)13-16-5-9-18(10-6-16)21(28)23-12-11-20(26)27/h3-10,14H,11-13H2,1-2H3,(H,23,28)(H,26,27). The number of hydrogen-bond donors (Lipinski definition) is 2. The number of rotatable bonds is 8. The molecular formula is C22H23N3O3S. The van der Waals surface area contributed by atoms with Gasteiger partial charge in [-0.25, -0.2) is 4.98 Å². The van der Waals surface area contributed by atoms with Crippen LogP contribution in [0.2, 0.25) is 0 Å². The third-order valence-corrected chi connectivity index (χ3v) is 5.38. The molecule has 3 rings (SSSR count). The first-order chi connectivity index (χ1) is 13.9. The van der Waals surface area contributed by atoms with Crippen molar-refractivity contribution < 1.29 is 14.7 Å². The molecule has 0 saturated heterocycles. The average Bonchev–Trinajstić information content (AvgIpc) is 3.19. The monoisotopic (exact) mass is 409 g/mol. The normalized spacial score (nSPS) is 10.6. The smallest absolute Gasteiger partial charge is 0.305 e. The van der Waals surface area contributed by atoms with Gasteiger partial charge in [-0.1, -0.05) is 42.0 Å². The highest BCUT2D eigenvalue weighted by molar-refractivity contribution is 7.14. The molecule has 0 atom stereocenters. The highest BCUT2D eigenvalue weighted by Crippen LogP contribution is 2.27. The molecule has 0 fully saturated rings. The van der Waals surface area contributed by atoms with E-state index < -0.39 is 5.97 Å². The van der Waals surface area contributed by atoms with Crippen LogP contribution in [-0.4, -0.2) is 35.6 Å². The van der Waals surface area contributed by atoms with Crippen LogP contribution in [0.15, 0.2) is 53.9 Å². The zero-order valence-electron chi connectivity index (χ0n) is 16.4. The Morgan fingerprint density at radius 3 is 2.45 bits per heavy atom. The third-order valence-electron chi connectivity index (χ3n) is 4.43. The summed E-state index contributed by atoms with van der Waals surface area (Å²) >= 11 is 1.60. The van der Waals surface area contributed by atoms with Gasteiger partial charge in [-0.15, -0.1) is 11.3 Å². The van der Waals surface area contributed by atoms with Crippen LogP contribution in [0.3, 0.4) is 0 Å². The summed E-state index contributed by atoms with van der Waals surface area (Å²) in [6.07, 6.45) is -0.0903. The molecule has 0 aliphatic heterocycles. The van der Waals surface area contributed by atoms with Crippen molar-refractivity contribution in [2.75, 3.05) is 18.5 Å². The largest absolute Gasteiger partial charge is 0.481 e. The van der Waals surface area contributed by atoms with E-state index in [0.717, 1.165) is 22.0 Å². The lowest BCUT2D eigenvalue weighted by Crippen LogP contribution is -2.26. The lowest BCUT2D eigenvalue weighted by atomic mass is 10.1. The van der Waals surface area contributed by atoms with Crippen LogP contribution in [0.1, 0.15) is 27.9 Å². The molecule has 7 heteroatoms. The number of carboxylic acids is 1. The number of aliphatic carboxylic acids is 1. The van der Waals surface area contributed by atoms with Crippen LogP contribution in [-0.2, 0) is 11.3 Å². The first-order valence-corrected chi connectivity index (χ1v) is 10.1. The second-order valence-corrected chi connectivity index (χ2v) is 7.67. The number of anilines is 1. The summed E-state index contributed by atoms with van der Waals surface area (Å²) in [6, 6.07) is 15.6. The molecule has 29 heavy (non-hydrogen) atoms. The molecule has 0 unspecified atom stereocenters. The minimum Gasteiger partial charge on any atom is -0.481 e. The molecule has 150 valence electrons. The van der Waals surface area contributed by atoms with Crippen molar-refractivity contribution in [3.8, 4) is 11.3 Å². The van der Waals surface area contributed by atoms with Gasteiger partial charge in [0.25, 0.3) is 5.91 Å². The van der Waals surface area contributed by atoms with E-state index in [9.17, 15) is 9.59 Å². The van der Waals surface area contributed by atoms with E-state index in [-0.39, 0.29) is 18.9 Å². The Labute approximate surface area is 173 Å². The predicted octanol–water partition coefficient (Wildman–Crippen LogP) is 3.96. The van der Waals surface area contributed by atoms with E-state index in [4.69, 9.17) is 10.1 Å². The highest BCUT2D eigenvalue weighted by Gasteiger charge is 2.10. The maximum Gasteiger partial charge on any atom is 0.305 e. The summed E-state index contributed by atoms with van der Waals surface area (Å²) in [4.78, 5) is 29.3. The number of nitrogens with one attached hydrogen (secondary N) is 1. The van der Waals surface area contributed by atoms with Crippen molar-refractivity contribution in [1.82, 2.24) is 10.3 Å². The van der Waals surface area contributed by atoms with E-state index in [2.05, 4.69) is 46.8 Å². The summed E-state index contributed by atoms with van der Waals surface area (Å²) in [6.45, 7) is 2.85. The summed E-state index contributed by atoms with van der Waals surface area (Å²) in [5, 5.41) is 14.2. The van der Waals surface area contributed by atoms with Crippen LogP contribution in [0.25, 0.3) is 11.3 Å². The molecule has 1 amide bonds. The molecule has 1 heterocycles. The minimum absolute atomic E-state index is 0.0903. The van der Waals surface area contributed by atoms with Crippen molar-refractivity contribution >= 4 is 28.3 Å². The number of benzene rings is 2. The topological polar surface area (TPSA) is 82.5 Å². The first-order valence-electron chi connectivity index (χ1n) is 9.25. The van der Waals surface area contributed by atoms with Gasteiger partial charge in [0.15, 0.2) is 5.13 Å². The molecule has 1 aromatic heterocycles. The number of hydrogen-bond acceptors (Lipinski definition) is 5. The second-order valence-electron chi connectivity index (χ2n) is 6.83. The number of carbonyl (C=O) groups is 2. The maximum atomic E-state index is 12.0.